The number of halogens is 2. The molecule has 9 heteroatoms. The molecule has 2 aliphatic rings. The first-order chi connectivity index (χ1) is 15.3. The van der Waals surface area contributed by atoms with E-state index in [4.69, 9.17) is 4.52 Å². The second-order valence-corrected chi connectivity index (χ2v) is 8.84. The highest BCUT2D eigenvalue weighted by molar-refractivity contribution is 5.94. The SMILES string of the molecule is CN(C)C(=O)[C@H]1CN(C2CCCC2)CC[C@@H]1NC(=O)c1cc(-c2ccc(F)cc2F)on1. The number of aromatic nitrogens is 1. The number of hydrogen-bond acceptors (Lipinski definition) is 5. The fourth-order valence-corrected chi connectivity index (χ4v) is 4.77. The highest BCUT2D eigenvalue weighted by Crippen LogP contribution is 2.29. The average Bonchev–Trinajstić information content (AvgIpc) is 3.46. The quantitative estimate of drug-likeness (QED) is 0.764. The zero-order valence-corrected chi connectivity index (χ0v) is 18.3. The first-order valence-corrected chi connectivity index (χ1v) is 11.0. The number of amides is 2. The van der Waals surface area contributed by atoms with Gasteiger partial charge in [-0.25, -0.2) is 8.78 Å². The van der Waals surface area contributed by atoms with Gasteiger partial charge in [0.25, 0.3) is 5.91 Å². The van der Waals surface area contributed by atoms with Gasteiger partial charge in [-0.3, -0.25) is 14.5 Å². The van der Waals surface area contributed by atoms with Gasteiger partial charge in [0.2, 0.25) is 5.91 Å². The van der Waals surface area contributed by atoms with Gasteiger partial charge in [0, 0.05) is 51.4 Å². The maximum absolute atomic E-state index is 14.0. The van der Waals surface area contributed by atoms with E-state index in [1.807, 2.05) is 0 Å². The van der Waals surface area contributed by atoms with Crippen LogP contribution in [0.5, 0.6) is 0 Å². The Hall–Kier alpha value is -2.81. The second-order valence-electron chi connectivity index (χ2n) is 8.84. The molecule has 1 saturated carbocycles. The Labute approximate surface area is 185 Å². The van der Waals surface area contributed by atoms with Crippen molar-refractivity contribution >= 4 is 11.8 Å². The van der Waals surface area contributed by atoms with Crippen molar-refractivity contribution in [1.29, 1.82) is 0 Å². The number of carbonyl (C=O) groups is 2. The fraction of sp³-hybridized carbons (Fsp3) is 0.522. The third kappa shape index (κ3) is 4.67. The van der Waals surface area contributed by atoms with Crippen LogP contribution < -0.4 is 5.32 Å². The van der Waals surface area contributed by atoms with Crippen LogP contribution in [-0.4, -0.2) is 66.0 Å². The number of likely N-dealkylation sites (tertiary alicyclic amines) is 1. The molecule has 2 amide bonds. The molecule has 32 heavy (non-hydrogen) atoms. The van der Waals surface area contributed by atoms with E-state index in [0.29, 0.717) is 19.0 Å². The standard InChI is InChI=1S/C23H28F2N4O3/c1-28(2)23(31)17-13-29(15-5-3-4-6-15)10-9-19(17)26-22(30)20-12-21(32-27-20)16-8-7-14(24)11-18(16)25/h7-8,11-12,15,17,19H,3-6,9-10,13H2,1-2H3,(H,26,30)/t17-,19-/m0/s1. The Balaban J connectivity index is 1.47. The van der Waals surface area contributed by atoms with Gasteiger partial charge in [0.05, 0.1) is 11.5 Å². The van der Waals surface area contributed by atoms with Crippen LogP contribution in [0.15, 0.2) is 28.8 Å². The minimum absolute atomic E-state index is 0.0157. The molecule has 1 aromatic carbocycles. The molecule has 172 valence electrons. The summed E-state index contributed by atoms with van der Waals surface area (Å²) in [6.07, 6.45) is 5.40. The number of rotatable bonds is 5. The predicted molar refractivity (Wildman–Crippen MR) is 114 cm³/mol. The lowest BCUT2D eigenvalue weighted by Crippen LogP contribution is -2.57. The van der Waals surface area contributed by atoms with Crippen molar-refractivity contribution in [3.05, 3.63) is 41.6 Å². The van der Waals surface area contributed by atoms with Crippen LogP contribution in [0, 0.1) is 17.6 Å². The van der Waals surface area contributed by atoms with Gasteiger partial charge >= 0.3 is 0 Å². The second kappa shape index (κ2) is 9.36. The van der Waals surface area contributed by atoms with Crippen LogP contribution in [0.4, 0.5) is 8.78 Å². The molecular formula is C23H28F2N4O3. The van der Waals surface area contributed by atoms with E-state index in [-0.39, 0.29) is 34.9 Å². The molecule has 0 radical (unpaired) electrons. The topological polar surface area (TPSA) is 78.7 Å². The molecule has 0 unspecified atom stereocenters. The molecule has 1 aliphatic carbocycles. The molecule has 2 heterocycles. The summed E-state index contributed by atoms with van der Waals surface area (Å²) >= 11 is 0. The zero-order valence-electron chi connectivity index (χ0n) is 18.3. The average molecular weight is 446 g/mol. The Morgan fingerprint density at radius 3 is 2.59 bits per heavy atom. The summed E-state index contributed by atoms with van der Waals surface area (Å²) in [4.78, 5) is 29.7. The number of benzene rings is 1. The van der Waals surface area contributed by atoms with E-state index in [0.717, 1.165) is 31.5 Å². The Morgan fingerprint density at radius 1 is 1.16 bits per heavy atom. The molecule has 2 fully saturated rings. The van der Waals surface area contributed by atoms with Crippen molar-refractivity contribution in [2.45, 2.75) is 44.2 Å². The van der Waals surface area contributed by atoms with E-state index in [1.54, 1.807) is 19.0 Å². The minimum Gasteiger partial charge on any atom is -0.355 e. The lowest BCUT2D eigenvalue weighted by Gasteiger charge is -2.41. The molecule has 1 saturated heterocycles. The largest absolute Gasteiger partial charge is 0.355 e. The molecule has 2 aromatic rings. The maximum Gasteiger partial charge on any atom is 0.273 e. The summed E-state index contributed by atoms with van der Waals surface area (Å²) in [6.45, 7) is 1.43. The van der Waals surface area contributed by atoms with Gasteiger partial charge in [-0.05, 0) is 31.4 Å². The van der Waals surface area contributed by atoms with Gasteiger partial charge in [-0.1, -0.05) is 18.0 Å². The van der Waals surface area contributed by atoms with E-state index in [2.05, 4.69) is 15.4 Å². The molecule has 2 atom stereocenters. The van der Waals surface area contributed by atoms with Crippen LogP contribution in [0.25, 0.3) is 11.3 Å². The summed E-state index contributed by atoms with van der Waals surface area (Å²) in [5.74, 6) is -2.34. The van der Waals surface area contributed by atoms with Gasteiger partial charge in [0.1, 0.15) is 11.6 Å². The molecule has 0 spiro atoms. The molecular weight excluding hydrogens is 418 g/mol. The molecule has 0 bridgehead atoms. The van der Waals surface area contributed by atoms with Crippen molar-refractivity contribution in [2.75, 3.05) is 27.2 Å². The van der Waals surface area contributed by atoms with E-state index in [9.17, 15) is 18.4 Å². The number of nitrogens with one attached hydrogen (secondary N) is 1. The molecule has 4 rings (SSSR count). The fourth-order valence-electron chi connectivity index (χ4n) is 4.77. The van der Waals surface area contributed by atoms with Crippen molar-refractivity contribution in [3.8, 4) is 11.3 Å². The highest BCUT2D eigenvalue weighted by Gasteiger charge is 2.39. The summed E-state index contributed by atoms with van der Waals surface area (Å²) in [5.41, 5.74) is 0.00137. The van der Waals surface area contributed by atoms with Gasteiger partial charge in [-0.15, -0.1) is 0 Å². The van der Waals surface area contributed by atoms with Crippen LogP contribution in [0.3, 0.4) is 0 Å². The highest BCUT2D eigenvalue weighted by atomic mass is 19.1. The zero-order chi connectivity index (χ0) is 22.8. The van der Waals surface area contributed by atoms with Gasteiger partial charge in [0.15, 0.2) is 11.5 Å². The predicted octanol–water partition coefficient (Wildman–Crippen LogP) is 3.07. The van der Waals surface area contributed by atoms with Gasteiger partial charge < -0.3 is 14.7 Å². The third-order valence-corrected chi connectivity index (χ3v) is 6.50. The van der Waals surface area contributed by atoms with E-state index < -0.39 is 17.5 Å². The maximum atomic E-state index is 14.0. The van der Waals surface area contributed by atoms with Crippen LogP contribution in [0.2, 0.25) is 0 Å². The van der Waals surface area contributed by atoms with Crippen molar-refractivity contribution < 1.29 is 22.9 Å². The lowest BCUT2D eigenvalue weighted by molar-refractivity contribution is -0.136. The summed E-state index contributed by atoms with van der Waals surface area (Å²) in [7, 11) is 3.44. The lowest BCUT2D eigenvalue weighted by atomic mass is 9.89. The Morgan fingerprint density at radius 2 is 1.91 bits per heavy atom. The normalized spacial score (nSPS) is 22.1. The Bertz CT molecular complexity index is 987. The monoisotopic (exact) mass is 446 g/mol. The van der Waals surface area contributed by atoms with Crippen LogP contribution in [0.1, 0.15) is 42.6 Å². The summed E-state index contributed by atoms with van der Waals surface area (Å²) < 4.78 is 32.3. The van der Waals surface area contributed by atoms with Crippen LogP contribution in [-0.2, 0) is 4.79 Å². The number of nitrogens with zero attached hydrogens (tertiary/aromatic N) is 3. The first-order valence-electron chi connectivity index (χ1n) is 11.0. The summed E-state index contributed by atoms with van der Waals surface area (Å²) in [6, 6.07) is 4.58. The van der Waals surface area contributed by atoms with Crippen LogP contribution >= 0.6 is 0 Å². The third-order valence-electron chi connectivity index (χ3n) is 6.50. The van der Waals surface area contributed by atoms with E-state index in [1.165, 1.54) is 25.0 Å². The number of hydrogen-bond donors (Lipinski definition) is 1. The molecule has 1 N–H and O–H groups in total. The van der Waals surface area contributed by atoms with Crippen molar-refractivity contribution in [3.63, 3.8) is 0 Å². The number of carbonyl (C=O) groups excluding carboxylic acids is 2. The Kier molecular flexibility index (Phi) is 6.55. The van der Waals surface area contributed by atoms with Crippen molar-refractivity contribution in [1.82, 2.24) is 20.3 Å². The molecule has 1 aromatic heterocycles. The molecule has 7 nitrogen and oxygen atoms in total. The van der Waals surface area contributed by atoms with Crippen molar-refractivity contribution in [2.24, 2.45) is 5.92 Å². The first kappa shape index (κ1) is 22.4. The van der Waals surface area contributed by atoms with Gasteiger partial charge in [-0.2, -0.15) is 0 Å². The van der Waals surface area contributed by atoms with E-state index >= 15 is 0 Å². The summed E-state index contributed by atoms with van der Waals surface area (Å²) in [5, 5.41) is 6.68. The molecule has 1 aliphatic heterocycles. The smallest absolute Gasteiger partial charge is 0.273 e. The number of piperidine rings is 1. The minimum atomic E-state index is -0.802.